The van der Waals surface area contributed by atoms with Crippen molar-refractivity contribution in [3.8, 4) is 0 Å². The lowest BCUT2D eigenvalue weighted by atomic mass is 10.1. The highest BCUT2D eigenvalue weighted by atomic mass is 32.2. The molecule has 0 spiro atoms. The van der Waals surface area contributed by atoms with E-state index in [9.17, 15) is 23.4 Å². The van der Waals surface area contributed by atoms with Crippen molar-refractivity contribution in [1.29, 1.82) is 0 Å². The van der Waals surface area contributed by atoms with Gasteiger partial charge < -0.3 is 10.2 Å². The number of nitrogens with zero attached hydrogens (tertiary/aromatic N) is 2. The molecule has 0 radical (unpaired) electrons. The van der Waals surface area contributed by atoms with E-state index in [1.165, 1.54) is 44.9 Å². The molecule has 3 N–H and O–H groups in total. The summed E-state index contributed by atoms with van der Waals surface area (Å²) in [6.07, 6.45) is 17.8. The van der Waals surface area contributed by atoms with Crippen LogP contribution in [0.1, 0.15) is 90.4 Å². The first-order valence-corrected chi connectivity index (χ1v) is 14.7. The van der Waals surface area contributed by atoms with Crippen molar-refractivity contribution in [2.24, 2.45) is 0 Å². The van der Waals surface area contributed by atoms with E-state index in [1.807, 2.05) is 0 Å². The van der Waals surface area contributed by atoms with E-state index in [2.05, 4.69) is 19.1 Å². The molecule has 1 heterocycles. The van der Waals surface area contributed by atoms with Gasteiger partial charge in [-0.05, 0) is 32.1 Å². The van der Waals surface area contributed by atoms with Gasteiger partial charge in [0.1, 0.15) is 38.0 Å². The number of Topliss-reactive ketones (excluding diaryl/α,β-unsaturated/α-hetero) is 1. The molecular weight excluding hydrogens is 456 g/mol. The van der Waals surface area contributed by atoms with E-state index in [1.54, 1.807) is 9.48 Å². The molecule has 0 bridgehead atoms. The van der Waals surface area contributed by atoms with Crippen LogP contribution in [0.2, 0.25) is 0 Å². The van der Waals surface area contributed by atoms with Crippen LogP contribution in [0.4, 0.5) is 0 Å². The molecule has 0 aliphatic carbocycles. The molecule has 0 saturated carbocycles. The summed E-state index contributed by atoms with van der Waals surface area (Å²) < 4.78 is 32.6. The minimum atomic E-state index is -4.29. The second-order valence-electron chi connectivity index (χ2n) is 9.29. The lowest BCUT2D eigenvalue weighted by Crippen LogP contribution is -2.40. The number of carbonyl (C=O) groups excluding carboxylic acids is 1. The van der Waals surface area contributed by atoms with Gasteiger partial charge >= 0.3 is 5.84 Å². The maximum absolute atomic E-state index is 12.9. The number of allylic oxidation sites excluding steroid dienone is 2. The third kappa shape index (κ3) is 14.2. The second-order valence-corrected chi connectivity index (χ2v) is 10.8. The summed E-state index contributed by atoms with van der Waals surface area (Å²) in [5.41, 5.74) is 0. The number of ketones is 1. The molecule has 1 aliphatic rings. The van der Waals surface area contributed by atoms with E-state index in [4.69, 9.17) is 4.55 Å². The molecule has 1 unspecified atom stereocenters. The Morgan fingerprint density at radius 1 is 1.03 bits per heavy atom. The van der Waals surface area contributed by atoms with Crippen LogP contribution in [-0.2, 0) is 14.9 Å². The van der Waals surface area contributed by atoms with Crippen molar-refractivity contribution >= 4 is 21.7 Å². The number of β-amino-alcohol motifs (C(OH)–C–C–N with tert-alkyl or cyclic N) is 2. The smallest absolute Gasteiger partial charge is 0.316 e. The Morgan fingerprint density at radius 2 is 1.62 bits per heavy atom. The monoisotopic (exact) mass is 503 g/mol. The molecule has 0 fully saturated rings. The zero-order valence-corrected chi connectivity index (χ0v) is 21.9. The van der Waals surface area contributed by atoms with Gasteiger partial charge in [-0.2, -0.15) is 8.42 Å². The fraction of sp³-hybridized carbons (Fsp3) is 0.840. The van der Waals surface area contributed by atoms with Gasteiger partial charge in [-0.1, -0.05) is 64.0 Å². The second kappa shape index (κ2) is 18.0. The van der Waals surface area contributed by atoms with Gasteiger partial charge in [-0.15, -0.1) is 0 Å². The van der Waals surface area contributed by atoms with Crippen LogP contribution in [-0.4, -0.2) is 88.9 Å². The molecule has 1 aliphatic heterocycles. The Morgan fingerprint density at radius 3 is 2.21 bits per heavy atom. The Kier molecular flexibility index (Phi) is 16.3. The number of carbonyl (C=O) groups is 1. The Hall–Kier alpha value is -1.29. The largest absolute Gasteiger partial charge is 0.392 e. The van der Waals surface area contributed by atoms with Crippen molar-refractivity contribution in [2.75, 3.05) is 38.5 Å². The molecule has 0 aromatic heterocycles. The van der Waals surface area contributed by atoms with Crippen LogP contribution in [0.5, 0.6) is 0 Å². The van der Waals surface area contributed by atoms with E-state index >= 15 is 0 Å². The standard InChI is InChI=1S/C25H46N2O6S/c1-2-3-4-5-6-7-8-9-10-11-12-13-14-15-16-24(30)25-26(19-20-28)17-18-27(25)21-23(29)22-34(31,32)33/h10-11,23,28-29H,2-9,12-22H2,1H3/p+1/b11-10+. The van der Waals surface area contributed by atoms with Crippen LogP contribution in [0.15, 0.2) is 12.2 Å². The normalized spacial score (nSPS) is 15.6. The number of rotatable bonds is 21. The number of amidine groups is 1. The third-order valence-corrected chi connectivity index (χ3v) is 6.91. The molecule has 8 nitrogen and oxygen atoms in total. The van der Waals surface area contributed by atoms with Crippen molar-refractivity contribution in [3.63, 3.8) is 0 Å². The lowest BCUT2D eigenvalue weighted by Gasteiger charge is -2.13. The highest BCUT2D eigenvalue weighted by Gasteiger charge is 2.36. The zero-order chi connectivity index (χ0) is 25.2. The summed E-state index contributed by atoms with van der Waals surface area (Å²) in [6, 6.07) is 0. The predicted octanol–water partition coefficient (Wildman–Crippen LogP) is 3.17. The highest BCUT2D eigenvalue weighted by Crippen LogP contribution is 2.12. The van der Waals surface area contributed by atoms with Crippen LogP contribution in [0.25, 0.3) is 0 Å². The van der Waals surface area contributed by atoms with Crippen LogP contribution in [0, 0.1) is 0 Å². The van der Waals surface area contributed by atoms with Gasteiger partial charge in [-0.25, -0.2) is 0 Å². The molecule has 0 saturated heterocycles. The molecule has 0 aromatic rings. The number of aliphatic hydroxyl groups is 2. The van der Waals surface area contributed by atoms with E-state index in [0.29, 0.717) is 31.9 Å². The number of unbranched alkanes of at least 4 members (excludes halogenated alkanes) is 10. The number of aliphatic hydroxyl groups excluding tert-OH is 2. The summed E-state index contributed by atoms with van der Waals surface area (Å²) in [5, 5.41) is 19.3. The quantitative estimate of drug-likeness (QED) is 0.0953. The summed E-state index contributed by atoms with van der Waals surface area (Å²) >= 11 is 0. The van der Waals surface area contributed by atoms with Gasteiger partial charge in [0.05, 0.1) is 6.61 Å². The van der Waals surface area contributed by atoms with E-state index < -0.39 is 22.0 Å². The van der Waals surface area contributed by atoms with Crippen LogP contribution < -0.4 is 0 Å². The lowest BCUT2D eigenvalue weighted by molar-refractivity contribution is -0.525. The average molecular weight is 504 g/mol. The van der Waals surface area contributed by atoms with Crippen LogP contribution >= 0.6 is 0 Å². The molecule has 34 heavy (non-hydrogen) atoms. The molecular formula is C25H47N2O6S+. The average Bonchev–Trinajstić information content (AvgIpc) is 3.14. The van der Waals surface area contributed by atoms with Crippen molar-refractivity contribution < 1.29 is 32.6 Å². The van der Waals surface area contributed by atoms with Gasteiger partial charge in [-0.3, -0.25) is 18.8 Å². The Bertz CT molecular complexity index is 736. The first-order valence-electron chi connectivity index (χ1n) is 13.1. The number of hydrogen-bond donors (Lipinski definition) is 3. The summed E-state index contributed by atoms with van der Waals surface area (Å²) in [6.45, 7) is 3.41. The van der Waals surface area contributed by atoms with Crippen LogP contribution in [0.3, 0.4) is 0 Å². The fourth-order valence-corrected chi connectivity index (χ4v) is 4.96. The molecule has 1 rings (SSSR count). The minimum absolute atomic E-state index is 0.0493. The number of hydrogen-bond acceptors (Lipinski definition) is 6. The molecule has 1 atom stereocenters. The molecule has 0 aromatic carbocycles. The van der Waals surface area contributed by atoms with Crippen molar-refractivity contribution in [3.05, 3.63) is 12.2 Å². The maximum atomic E-state index is 12.9. The first-order chi connectivity index (χ1) is 16.3. The van der Waals surface area contributed by atoms with Gasteiger partial charge in [0.25, 0.3) is 10.1 Å². The van der Waals surface area contributed by atoms with Gasteiger partial charge in [0.15, 0.2) is 0 Å². The summed E-state index contributed by atoms with van der Waals surface area (Å²) in [5.74, 6) is -0.394. The van der Waals surface area contributed by atoms with Crippen molar-refractivity contribution in [1.82, 2.24) is 4.90 Å². The topological polar surface area (TPSA) is 118 Å². The minimum Gasteiger partial charge on any atom is -0.392 e. The Balaban J connectivity index is 2.32. The van der Waals surface area contributed by atoms with Crippen molar-refractivity contribution in [2.45, 2.75) is 96.5 Å². The van der Waals surface area contributed by atoms with E-state index in [0.717, 1.165) is 32.1 Å². The predicted molar refractivity (Wildman–Crippen MR) is 136 cm³/mol. The first kappa shape index (κ1) is 30.7. The molecule has 0 amide bonds. The Labute approximate surface area is 206 Å². The van der Waals surface area contributed by atoms with E-state index in [-0.39, 0.29) is 18.9 Å². The SMILES string of the molecule is CCCCCCCCC/C=C/CCCCCC(=O)C1=[N+](CC(O)CS(=O)(=O)O)CCN1CCO. The molecule has 9 heteroatoms. The fourth-order valence-electron chi connectivity index (χ4n) is 4.36. The maximum Gasteiger partial charge on any atom is 0.316 e. The third-order valence-electron chi connectivity index (χ3n) is 6.11. The highest BCUT2D eigenvalue weighted by molar-refractivity contribution is 7.85. The van der Waals surface area contributed by atoms with Gasteiger partial charge in [0.2, 0.25) is 5.78 Å². The summed E-state index contributed by atoms with van der Waals surface area (Å²) in [4.78, 5) is 14.6. The zero-order valence-electron chi connectivity index (χ0n) is 21.0. The molecule has 198 valence electrons. The summed E-state index contributed by atoms with van der Waals surface area (Å²) in [7, 11) is -4.29. The van der Waals surface area contributed by atoms with Gasteiger partial charge in [0, 0.05) is 6.42 Å².